The number of nitrogens with one attached hydrogen (secondary N) is 2. The molecule has 4 N–H and O–H groups in total. The SMILES string of the molecule is C[C@@H](O)[C@H](NC(=O)C1(OC(F)(F)F)C=CC(c2ccccc2)=CC1)C(=O)NO. The van der Waals surface area contributed by atoms with E-state index < -0.39 is 42.3 Å². The summed E-state index contributed by atoms with van der Waals surface area (Å²) in [7, 11) is 0. The molecule has 3 atom stereocenters. The fourth-order valence-electron chi connectivity index (χ4n) is 2.70. The van der Waals surface area contributed by atoms with Crippen LogP contribution in [0.5, 0.6) is 0 Å². The molecule has 1 aliphatic carbocycles. The molecular weight excluding hydrogens is 381 g/mol. The standard InChI is InChI=1S/C18H19F3N2O5/c1-11(24)14(15(25)23-27)22-16(26)17(28-18(19,20)21)9-7-13(8-10-17)12-5-3-2-4-6-12/h2-9,11,14,24,27H,10H2,1H3,(H,22,26)(H,23,25)/t11-,14+,17?/m1/s1. The number of aliphatic hydroxyl groups is 1. The van der Waals surface area contributed by atoms with Crippen molar-refractivity contribution in [1.29, 1.82) is 0 Å². The van der Waals surface area contributed by atoms with Crippen molar-refractivity contribution in [2.75, 3.05) is 0 Å². The van der Waals surface area contributed by atoms with Crippen LogP contribution in [0.1, 0.15) is 18.9 Å². The van der Waals surface area contributed by atoms with Gasteiger partial charge in [0.2, 0.25) is 0 Å². The van der Waals surface area contributed by atoms with E-state index in [1.165, 1.54) is 17.6 Å². The number of carbonyl (C=O) groups is 2. The molecule has 28 heavy (non-hydrogen) atoms. The van der Waals surface area contributed by atoms with E-state index >= 15 is 0 Å². The molecule has 0 aromatic heterocycles. The molecule has 1 aromatic carbocycles. The van der Waals surface area contributed by atoms with Gasteiger partial charge in [0, 0.05) is 6.42 Å². The van der Waals surface area contributed by atoms with Crippen molar-refractivity contribution >= 4 is 17.4 Å². The minimum atomic E-state index is -5.14. The Balaban J connectivity index is 2.30. The van der Waals surface area contributed by atoms with Gasteiger partial charge in [0.25, 0.3) is 11.8 Å². The number of alkyl halides is 3. The highest BCUT2D eigenvalue weighted by atomic mass is 19.4. The van der Waals surface area contributed by atoms with Gasteiger partial charge in [-0.25, -0.2) is 5.48 Å². The Morgan fingerprint density at radius 1 is 1.25 bits per heavy atom. The predicted octanol–water partition coefficient (Wildman–Crippen LogP) is 1.68. The number of benzene rings is 1. The summed E-state index contributed by atoms with van der Waals surface area (Å²) in [6.07, 6.45) is -3.42. The summed E-state index contributed by atoms with van der Waals surface area (Å²) in [5.74, 6) is -2.48. The van der Waals surface area contributed by atoms with Gasteiger partial charge in [0.1, 0.15) is 6.04 Å². The van der Waals surface area contributed by atoms with Crippen LogP contribution in [0.15, 0.2) is 48.6 Å². The highest BCUT2D eigenvalue weighted by Crippen LogP contribution is 2.35. The molecule has 0 fully saturated rings. The van der Waals surface area contributed by atoms with Gasteiger partial charge in [-0.1, -0.05) is 42.5 Å². The minimum absolute atomic E-state index is 0.466. The van der Waals surface area contributed by atoms with Crippen LogP contribution in [0, 0.1) is 0 Å². The lowest BCUT2D eigenvalue weighted by atomic mass is 9.88. The third-order valence-corrected chi connectivity index (χ3v) is 4.11. The van der Waals surface area contributed by atoms with E-state index in [-0.39, 0.29) is 0 Å². The smallest absolute Gasteiger partial charge is 0.391 e. The van der Waals surface area contributed by atoms with Crippen molar-refractivity contribution in [2.45, 2.75) is 37.5 Å². The number of allylic oxidation sites excluding steroid dienone is 2. The maximum absolute atomic E-state index is 13.0. The minimum Gasteiger partial charge on any atom is -0.391 e. The molecule has 0 aliphatic heterocycles. The van der Waals surface area contributed by atoms with Gasteiger partial charge in [0.15, 0.2) is 5.60 Å². The number of amides is 2. The van der Waals surface area contributed by atoms with Crippen LogP contribution in [0.25, 0.3) is 5.57 Å². The van der Waals surface area contributed by atoms with Crippen molar-refractivity contribution < 1.29 is 37.8 Å². The quantitative estimate of drug-likeness (QED) is 0.429. The molecule has 0 radical (unpaired) electrons. The molecule has 0 saturated carbocycles. The van der Waals surface area contributed by atoms with E-state index in [1.54, 1.807) is 30.3 Å². The summed E-state index contributed by atoms with van der Waals surface area (Å²) in [6, 6.07) is 7.12. The lowest BCUT2D eigenvalue weighted by Crippen LogP contribution is -2.59. The zero-order chi connectivity index (χ0) is 20.9. The first-order valence-electron chi connectivity index (χ1n) is 8.23. The predicted molar refractivity (Wildman–Crippen MR) is 91.6 cm³/mol. The Kier molecular flexibility index (Phi) is 6.60. The van der Waals surface area contributed by atoms with Crippen LogP contribution in [0.2, 0.25) is 0 Å². The number of hydrogen-bond acceptors (Lipinski definition) is 5. The summed E-state index contributed by atoms with van der Waals surface area (Å²) in [6.45, 7) is 1.13. The lowest BCUT2D eigenvalue weighted by molar-refractivity contribution is -0.351. The third-order valence-electron chi connectivity index (χ3n) is 4.11. The second-order valence-corrected chi connectivity index (χ2v) is 6.17. The van der Waals surface area contributed by atoms with Gasteiger partial charge < -0.3 is 10.4 Å². The maximum Gasteiger partial charge on any atom is 0.523 e. The van der Waals surface area contributed by atoms with Crippen molar-refractivity contribution in [2.24, 2.45) is 0 Å². The molecule has 2 amide bonds. The number of hydrogen-bond donors (Lipinski definition) is 4. The van der Waals surface area contributed by atoms with E-state index in [2.05, 4.69) is 4.74 Å². The first-order chi connectivity index (χ1) is 13.1. The molecule has 0 saturated heterocycles. The monoisotopic (exact) mass is 400 g/mol. The van der Waals surface area contributed by atoms with Crippen LogP contribution in [-0.2, 0) is 14.3 Å². The molecule has 10 heteroatoms. The average molecular weight is 400 g/mol. The van der Waals surface area contributed by atoms with Gasteiger partial charge in [0.05, 0.1) is 6.10 Å². The molecule has 2 rings (SSSR count). The number of rotatable bonds is 6. The largest absolute Gasteiger partial charge is 0.523 e. The van der Waals surface area contributed by atoms with Gasteiger partial charge in [-0.2, -0.15) is 0 Å². The Labute approximate surface area is 158 Å². The first-order valence-corrected chi connectivity index (χ1v) is 8.23. The highest BCUT2D eigenvalue weighted by Gasteiger charge is 2.48. The van der Waals surface area contributed by atoms with Crippen LogP contribution in [-0.4, -0.2) is 46.2 Å². The summed E-state index contributed by atoms with van der Waals surface area (Å²) in [5.41, 5.74) is 0.0944. The number of carbonyl (C=O) groups excluding carboxylic acids is 2. The average Bonchev–Trinajstić information content (AvgIpc) is 2.65. The van der Waals surface area contributed by atoms with E-state index in [1.807, 2.05) is 5.32 Å². The highest BCUT2D eigenvalue weighted by molar-refractivity contribution is 5.94. The van der Waals surface area contributed by atoms with E-state index in [0.717, 1.165) is 18.6 Å². The van der Waals surface area contributed by atoms with Crippen LogP contribution in [0.4, 0.5) is 13.2 Å². The lowest BCUT2D eigenvalue weighted by Gasteiger charge is -2.33. The number of halogens is 3. The van der Waals surface area contributed by atoms with Gasteiger partial charge in [-0.3, -0.25) is 19.5 Å². The third kappa shape index (κ3) is 5.18. The number of hydroxylamine groups is 1. The van der Waals surface area contributed by atoms with Crippen molar-refractivity contribution in [1.82, 2.24) is 10.8 Å². The van der Waals surface area contributed by atoms with Crippen LogP contribution >= 0.6 is 0 Å². The first kappa shape index (κ1) is 21.6. The molecule has 0 spiro atoms. The second-order valence-electron chi connectivity index (χ2n) is 6.17. The van der Waals surface area contributed by atoms with E-state index in [4.69, 9.17) is 5.21 Å². The Hall–Kier alpha value is -2.69. The number of aliphatic hydroxyl groups excluding tert-OH is 1. The molecule has 7 nitrogen and oxygen atoms in total. The molecular formula is C18H19F3N2O5. The Bertz CT molecular complexity index is 777. The van der Waals surface area contributed by atoms with Crippen LogP contribution in [0.3, 0.4) is 0 Å². The summed E-state index contributed by atoms with van der Waals surface area (Å²) in [5, 5.41) is 20.3. The van der Waals surface area contributed by atoms with Crippen molar-refractivity contribution in [3.05, 3.63) is 54.1 Å². The summed E-state index contributed by atoms with van der Waals surface area (Å²) in [4.78, 5) is 24.2. The maximum atomic E-state index is 13.0. The molecule has 1 aromatic rings. The number of ether oxygens (including phenoxy) is 1. The topological polar surface area (TPSA) is 108 Å². The molecule has 1 aliphatic rings. The Morgan fingerprint density at radius 3 is 2.36 bits per heavy atom. The van der Waals surface area contributed by atoms with Gasteiger partial charge >= 0.3 is 6.36 Å². The Morgan fingerprint density at radius 2 is 1.89 bits per heavy atom. The van der Waals surface area contributed by atoms with Crippen LogP contribution < -0.4 is 10.8 Å². The summed E-state index contributed by atoms with van der Waals surface area (Å²) < 4.78 is 43.0. The van der Waals surface area contributed by atoms with Crippen molar-refractivity contribution in [3.8, 4) is 0 Å². The van der Waals surface area contributed by atoms with E-state index in [9.17, 15) is 27.9 Å². The van der Waals surface area contributed by atoms with Gasteiger partial charge in [-0.05, 0) is 24.1 Å². The normalized spacial score (nSPS) is 21.4. The molecule has 1 unspecified atom stereocenters. The molecule has 152 valence electrons. The molecule has 0 bridgehead atoms. The zero-order valence-corrected chi connectivity index (χ0v) is 14.7. The molecule has 0 heterocycles. The second kappa shape index (κ2) is 8.55. The zero-order valence-electron chi connectivity index (χ0n) is 14.7. The fraction of sp³-hybridized carbons (Fsp3) is 0.333. The van der Waals surface area contributed by atoms with E-state index in [0.29, 0.717) is 5.57 Å². The summed E-state index contributed by atoms with van der Waals surface area (Å²) >= 11 is 0. The fourth-order valence-corrected chi connectivity index (χ4v) is 2.70. The van der Waals surface area contributed by atoms with Gasteiger partial charge in [-0.15, -0.1) is 13.2 Å². The van der Waals surface area contributed by atoms with Crippen molar-refractivity contribution in [3.63, 3.8) is 0 Å².